The summed E-state index contributed by atoms with van der Waals surface area (Å²) < 4.78 is 25.8. The van der Waals surface area contributed by atoms with E-state index in [0.717, 1.165) is 4.31 Å². The Kier molecular flexibility index (Phi) is 3.16. The number of benzene rings is 1. The molecule has 1 fully saturated rings. The van der Waals surface area contributed by atoms with Gasteiger partial charge in [-0.3, -0.25) is 4.79 Å². The number of amides is 1. The molecule has 1 aliphatic rings. The lowest BCUT2D eigenvalue weighted by Gasteiger charge is -2.14. The maximum Gasteiger partial charge on any atom is 0.336 e. The number of hydrogen-bond donors (Lipinski definition) is 3. The van der Waals surface area contributed by atoms with Crippen molar-refractivity contribution in [2.75, 3.05) is 12.3 Å². The number of carbonyl (C=O) groups is 2. The van der Waals surface area contributed by atoms with Crippen molar-refractivity contribution >= 4 is 27.8 Å². The maximum absolute atomic E-state index is 11.5. The van der Waals surface area contributed by atoms with Gasteiger partial charge in [0.2, 0.25) is 5.91 Å². The Labute approximate surface area is 109 Å². The number of nitrogen functional groups attached to an aromatic ring is 1. The van der Waals surface area contributed by atoms with E-state index in [9.17, 15) is 18.0 Å². The predicted octanol–water partition coefficient (Wildman–Crippen LogP) is -0.856. The van der Waals surface area contributed by atoms with Crippen LogP contribution in [0.4, 0.5) is 5.69 Å². The highest BCUT2D eigenvalue weighted by atomic mass is 32.2. The number of anilines is 1. The highest BCUT2D eigenvalue weighted by Crippen LogP contribution is 2.18. The fourth-order valence-electron chi connectivity index (χ4n) is 1.75. The number of aromatic carboxylic acids is 1. The van der Waals surface area contributed by atoms with Crippen LogP contribution in [-0.4, -0.2) is 36.3 Å². The summed E-state index contributed by atoms with van der Waals surface area (Å²) in [7, 11) is -3.88. The summed E-state index contributed by atoms with van der Waals surface area (Å²) in [5.74, 6) is -1.86. The standard InChI is InChI=1S/C10H11N3O5S/c11-7-2-1-6(8(3-7)10(15)16)4-13-5-9(14)12-19(13,17)18/h1-3H,4-5,11H2,(H,12,14)(H,15,16). The van der Waals surface area contributed by atoms with E-state index in [2.05, 4.69) is 0 Å². The van der Waals surface area contributed by atoms with E-state index in [4.69, 9.17) is 10.8 Å². The van der Waals surface area contributed by atoms with Crippen molar-refractivity contribution in [3.05, 3.63) is 29.3 Å². The molecule has 1 aromatic rings. The van der Waals surface area contributed by atoms with Crippen LogP contribution in [-0.2, 0) is 21.5 Å². The minimum atomic E-state index is -3.88. The Morgan fingerprint density at radius 1 is 1.47 bits per heavy atom. The third-order valence-electron chi connectivity index (χ3n) is 2.61. The number of rotatable bonds is 3. The molecule has 0 bridgehead atoms. The highest BCUT2D eigenvalue weighted by molar-refractivity contribution is 7.88. The Bertz CT molecular complexity index is 655. The molecule has 2 rings (SSSR count). The molecule has 1 aliphatic heterocycles. The summed E-state index contributed by atoms with van der Waals surface area (Å²) in [5.41, 5.74) is 5.93. The minimum Gasteiger partial charge on any atom is -0.478 e. The van der Waals surface area contributed by atoms with Crippen LogP contribution in [0.1, 0.15) is 15.9 Å². The number of carbonyl (C=O) groups excluding carboxylic acids is 1. The smallest absolute Gasteiger partial charge is 0.336 e. The molecule has 19 heavy (non-hydrogen) atoms. The Morgan fingerprint density at radius 3 is 2.68 bits per heavy atom. The molecule has 0 atom stereocenters. The summed E-state index contributed by atoms with van der Waals surface area (Å²) in [6.07, 6.45) is 0. The maximum atomic E-state index is 11.5. The molecule has 102 valence electrons. The number of carboxylic acids is 1. The van der Waals surface area contributed by atoms with Gasteiger partial charge in [-0.1, -0.05) is 6.07 Å². The summed E-state index contributed by atoms with van der Waals surface area (Å²) in [6.45, 7) is -0.533. The molecule has 0 spiro atoms. The van der Waals surface area contributed by atoms with Gasteiger partial charge in [-0.05, 0) is 17.7 Å². The average molecular weight is 285 g/mol. The molecule has 0 aromatic heterocycles. The van der Waals surface area contributed by atoms with Gasteiger partial charge in [-0.2, -0.15) is 12.7 Å². The SMILES string of the molecule is Nc1ccc(CN2CC(=O)NS2(=O)=O)c(C(=O)O)c1. The van der Waals surface area contributed by atoms with Gasteiger partial charge in [-0.15, -0.1) is 0 Å². The lowest BCUT2D eigenvalue weighted by Crippen LogP contribution is -2.29. The highest BCUT2D eigenvalue weighted by Gasteiger charge is 2.34. The summed E-state index contributed by atoms with van der Waals surface area (Å²) in [6, 6.07) is 4.15. The van der Waals surface area contributed by atoms with Gasteiger partial charge in [0.25, 0.3) is 0 Å². The minimum absolute atomic E-state index is 0.0884. The van der Waals surface area contributed by atoms with E-state index in [1.165, 1.54) is 18.2 Å². The van der Waals surface area contributed by atoms with E-state index < -0.39 is 22.1 Å². The lowest BCUT2D eigenvalue weighted by atomic mass is 10.1. The second-order valence-corrected chi connectivity index (χ2v) is 5.69. The van der Waals surface area contributed by atoms with Gasteiger partial charge in [0.1, 0.15) is 0 Å². The van der Waals surface area contributed by atoms with Crippen LogP contribution >= 0.6 is 0 Å². The molecular weight excluding hydrogens is 274 g/mol. The molecular formula is C10H11N3O5S. The van der Waals surface area contributed by atoms with E-state index >= 15 is 0 Å². The molecule has 0 saturated carbocycles. The quantitative estimate of drug-likeness (QED) is 0.620. The third kappa shape index (κ3) is 2.66. The van der Waals surface area contributed by atoms with Crippen LogP contribution in [0.15, 0.2) is 18.2 Å². The van der Waals surface area contributed by atoms with Crippen LogP contribution in [0, 0.1) is 0 Å². The van der Waals surface area contributed by atoms with Crippen LogP contribution < -0.4 is 10.5 Å². The van der Waals surface area contributed by atoms with Crippen molar-refractivity contribution in [1.29, 1.82) is 0 Å². The van der Waals surface area contributed by atoms with Gasteiger partial charge < -0.3 is 10.8 Å². The summed E-state index contributed by atoms with van der Waals surface area (Å²) in [4.78, 5) is 22.1. The Balaban J connectivity index is 2.34. The largest absolute Gasteiger partial charge is 0.478 e. The Morgan fingerprint density at radius 2 is 2.16 bits per heavy atom. The zero-order valence-corrected chi connectivity index (χ0v) is 10.5. The second-order valence-electron chi connectivity index (χ2n) is 4.02. The van der Waals surface area contributed by atoms with Crippen molar-refractivity contribution in [3.8, 4) is 0 Å². The molecule has 1 aromatic carbocycles. The Hall–Kier alpha value is -2.13. The van der Waals surface area contributed by atoms with E-state index in [-0.39, 0.29) is 29.9 Å². The molecule has 9 heteroatoms. The van der Waals surface area contributed by atoms with Crippen LogP contribution in [0.3, 0.4) is 0 Å². The topological polar surface area (TPSA) is 130 Å². The zero-order valence-electron chi connectivity index (χ0n) is 9.66. The zero-order chi connectivity index (χ0) is 14.2. The molecule has 0 aliphatic carbocycles. The predicted molar refractivity (Wildman–Crippen MR) is 65.3 cm³/mol. The van der Waals surface area contributed by atoms with Crippen LogP contribution in [0.25, 0.3) is 0 Å². The van der Waals surface area contributed by atoms with E-state index in [1.807, 2.05) is 4.72 Å². The van der Waals surface area contributed by atoms with E-state index in [1.54, 1.807) is 0 Å². The average Bonchev–Trinajstić information content (AvgIpc) is 2.54. The van der Waals surface area contributed by atoms with Crippen LogP contribution in [0.2, 0.25) is 0 Å². The fraction of sp³-hybridized carbons (Fsp3) is 0.200. The number of nitrogens with one attached hydrogen (secondary N) is 1. The second kappa shape index (κ2) is 4.52. The number of nitrogens with two attached hydrogens (primary N) is 1. The third-order valence-corrected chi connectivity index (χ3v) is 4.04. The van der Waals surface area contributed by atoms with Crippen LogP contribution in [0.5, 0.6) is 0 Å². The van der Waals surface area contributed by atoms with Crippen molar-refractivity contribution in [2.24, 2.45) is 0 Å². The number of nitrogens with zero attached hydrogens (tertiary/aromatic N) is 1. The van der Waals surface area contributed by atoms with Crippen molar-refractivity contribution in [1.82, 2.24) is 9.03 Å². The van der Waals surface area contributed by atoms with Crippen molar-refractivity contribution in [3.63, 3.8) is 0 Å². The van der Waals surface area contributed by atoms with Gasteiger partial charge in [0, 0.05) is 12.2 Å². The van der Waals surface area contributed by atoms with Crippen molar-refractivity contribution < 1.29 is 23.1 Å². The summed E-state index contributed by atoms with van der Waals surface area (Å²) >= 11 is 0. The number of hydrogen-bond acceptors (Lipinski definition) is 5. The normalized spacial score (nSPS) is 18.2. The van der Waals surface area contributed by atoms with Gasteiger partial charge in [0.15, 0.2) is 0 Å². The van der Waals surface area contributed by atoms with Gasteiger partial charge in [-0.25, -0.2) is 9.52 Å². The monoisotopic (exact) mass is 285 g/mol. The molecule has 4 N–H and O–H groups in total. The first kappa shape index (κ1) is 13.3. The van der Waals surface area contributed by atoms with Gasteiger partial charge in [0.05, 0.1) is 12.1 Å². The molecule has 0 radical (unpaired) electrons. The van der Waals surface area contributed by atoms with Gasteiger partial charge >= 0.3 is 16.2 Å². The summed E-state index contributed by atoms with van der Waals surface area (Å²) in [5, 5.41) is 9.04. The molecule has 1 amide bonds. The van der Waals surface area contributed by atoms with Crippen molar-refractivity contribution in [2.45, 2.75) is 6.54 Å². The number of carboxylic acid groups (broad SMARTS) is 1. The van der Waals surface area contributed by atoms with E-state index in [0.29, 0.717) is 0 Å². The lowest BCUT2D eigenvalue weighted by molar-refractivity contribution is -0.118. The molecule has 8 nitrogen and oxygen atoms in total. The molecule has 0 unspecified atom stereocenters. The first-order valence-corrected chi connectivity index (χ1v) is 6.66. The fourth-order valence-corrected chi connectivity index (χ4v) is 2.83. The first-order valence-electron chi connectivity index (χ1n) is 5.22. The first-order chi connectivity index (χ1) is 8.79. The molecule has 1 saturated heterocycles. The molecule has 1 heterocycles.